The van der Waals surface area contributed by atoms with Crippen molar-refractivity contribution in [3.63, 3.8) is 0 Å². The van der Waals surface area contributed by atoms with Crippen LogP contribution >= 0.6 is 0 Å². The number of allylic oxidation sites excluding steroid dienone is 2. The molecule has 0 aliphatic heterocycles. The van der Waals surface area contributed by atoms with E-state index in [1.54, 1.807) is 0 Å². The lowest BCUT2D eigenvalue weighted by Gasteiger charge is -2.39. The fourth-order valence-corrected chi connectivity index (χ4v) is 4.17. The van der Waals surface area contributed by atoms with E-state index in [1.807, 2.05) is 0 Å². The molecule has 0 radical (unpaired) electrons. The fourth-order valence-electron chi connectivity index (χ4n) is 4.17. The Bertz CT molecular complexity index is 496. The van der Waals surface area contributed by atoms with Crippen molar-refractivity contribution in [1.82, 2.24) is 0 Å². The molecule has 7 heteroatoms. The average molecular weight is 456 g/mol. The highest BCUT2D eigenvalue weighted by Gasteiger charge is 2.26. The van der Waals surface area contributed by atoms with Crippen molar-refractivity contribution in [1.29, 1.82) is 0 Å². The van der Waals surface area contributed by atoms with Gasteiger partial charge >= 0.3 is 11.9 Å². The summed E-state index contributed by atoms with van der Waals surface area (Å²) in [6, 6.07) is 0. The number of hydrogen-bond acceptors (Lipinski definition) is 4. The highest BCUT2D eigenvalue weighted by molar-refractivity contribution is 5.66. The van der Waals surface area contributed by atoms with Crippen LogP contribution in [0.2, 0.25) is 0 Å². The molecule has 7 nitrogen and oxygen atoms in total. The third-order valence-electron chi connectivity index (χ3n) is 5.95. The lowest BCUT2D eigenvalue weighted by molar-refractivity contribution is -0.929. The normalized spacial score (nSPS) is 11.8. The summed E-state index contributed by atoms with van der Waals surface area (Å²) >= 11 is 0. The number of rotatable bonds is 23. The largest absolute Gasteiger partial charge is 0.550 e. The molecule has 0 spiro atoms. The smallest absolute Gasteiger partial charge is 0.303 e. The lowest BCUT2D eigenvalue weighted by Crippen LogP contribution is -2.51. The zero-order valence-corrected chi connectivity index (χ0v) is 20.1. The Labute approximate surface area is 194 Å². The number of hydrogen-bond donors (Lipinski definition) is 2. The van der Waals surface area contributed by atoms with Gasteiger partial charge < -0.3 is 24.6 Å². The first-order valence-electron chi connectivity index (χ1n) is 12.4. The van der Waals surface area contributed by atoms with Gasteiger partial charge in [-0.25, -0.2) is 0 Å². The summed E-state index contributed by atoms with van der Waals surface area (Å²) in [4.78, 5) is 32.8. The Balaban J connectivity index is 4.62. The number of carbonyl (C=O) groups excluding carboxylic acids is 1. The van der Waals surface area contributed by atoms with Crippen molar-refractivity contribution in [3.8, 4) is 0 Å². The molecular weight excluding hydrogens is 410 g/mol. The maximum absolute atomic E-state index is 11.0. The van der Waals surface area contributed by atoms with Crippen molar-refractivity contribution in [2.45, 2.75) is 103 Å². The second-order valence-electron chi connectivity index (χ2n) is 8.88. The predicted molar refractivity (Wildman–Crippen MR) is 124 cm³/mol. The second kappa shape index (κ2) is 19.8. The zero-order valence-electron chi connectivity index (χ0n) is 20.1. The van der Waals surface area contributed by atoms with Gasteiger partial charge in [-0.15, -0.1) is 0 Å². The highest BCUT2D eigenvalue weighted by atomic mass is 16.4. The molecule has 0 aromatic heterocycles. The van der Waals surface area contributed by atoms with Crippen molar-refractivity contribution in [3.05, 3.63) is 12.2 Å². The van der Waals surface area contributed by atoms with E-state index in [1.165, 1.54) is 19.3 Å². The number of quaternary nitrogens is 1. The molecule has 0 saturated heterocycles. The van der Waals surface area contributed by atoms with E-state index in [0.29, 0.717) is 43.4 Å². The monoisotopic (exact) mass is 455 g/mol. The third-order valence-corrected chi connectivity index (χ3v) is 5.95. The highest BCUT2D eigenvalue weighted by Crippen LogP contribution is 2.18. The molecule has 0 aromatic carbocycles. The van der Waals surface area contributed by atoms with Crippen molar-refractivity contribution in [2.24, 2.45) is 0 Å². The molecule has 0 aliphatic rings. The van der Waals surface area contributed by atoms with Gasteiger partial charge in [0, 0.05) is 25.2 Å². The van der Waals surface area contributed by atoms with Gasteiger partial charge in [-0.1, -0.05) is 38.3 Å². The summed E-state index contributed by atoms with van der Waals surface area (Å²) in [5.41, 5.74) is 0. The van der Waals surface area contributed by atoms with Crippen LogP contribution in [0.1, 0.15) is 103 Å². The maximum Gasteiger partial charge on any atom is 0.303 e. The molecule has 0 unspecified atom stereocenters. The molecule has 2 N–H and O–H groups in total. The number of nitrogens with zero attached hydrogens (tertiary/aromatic N) is 1. The van der Waals surface area contributed by atoms with E-state index in [0.717, 1.165) is 45.1 Å². The number of carboxylic acid groups (broad SMARTS) is 3. The van der Waals surface area contributed by atoms with Gasteiger partial charge in [0.05, 0.1) is 39.0 Å². The van der Waals surface area contributed by atoms with E-state index in [9.17, 15) is 19.5 Å². The van der Waals surface area contributed by atoms with Gasteiger partial charge in [-0.3, -0.25) is 9.59 Å². The average Bonchev–Trinajstić information content (AvgIpc) is 2.71. The zero-order chi connectivity index (χ0) is 24.1. The Kier molecular flexibility index (Phi) is 18.6. The van der Waals surface area contributed by atoms with E-state index in [4.69, 9.17) is 10.2 Å². The summed E-state index contributed by atoms with van der Waals surface area (Å²) in [5.74, 6) is -2.76. The first-order chi connectivity index (χ1) is 15.3. The van der Waals surface area contributed by atoms with E-state index in [-0.39, 0.29) is 19.3 Å². The van der Waals surface area contributed by atoms with E-state index >= 15 is 0 Å². The number of carboxylic acids is 3. The summed E-state index contributed by atoms with van der Waals surface area (Å²) in [5, 5.41) is 28.9. The third kappa shape index (κ3) is 18.8. The Hall–Kier alpha value is -1.89. The molecule has 0 fully saturated rings. The molecule has 0 bridgehead atoms. The van der Waals surface area contributed by atoms with Gasteiger partial charge in [0.1, 0.15) is 0 Å². The van der Waals surface area contributed by atoms with Gasteiger partial charge in [0.15, 0.2) is 0 Å². The van der Waals surface area contributed by atoms with Gasteiger partial charge in [0.25, 0.3) is 0 Å². The number of unbranched alkanes of at least 4 members (excludes halogenated alkanes) is 7. The Morgan fingerprint density at radius 2 is 1.09 bits per heavy atom. The van der Waals surface area contributed by atoms with Crippen LogP contribution in [0.5, 0.6) is 0 Å². The maximum atomic E-state index is 11.0. The molecule has 32 heavy (non-hydrogen) atoms. The Morgan fingerprint density at radius 1 is 0.656 bits per heavy atom. The van der Waals surface area contributed by atoms with Crippen LogP contribution in [0.25, 0.3) is 0 Å². The SMILES string of the molecule is CCCCC/C=C/CCCCCC[N+](CCCC(=O)[O-])(CCCC(=O)O)CCCC(=O)O. The number of carbonyl (C=O) groups is 3. The molecule has 0 rings (SSSR count). The summed E-state index contributed by atoms with van der Waals surface area (Å²) in [6.45, 7) is 4.94. The first-order valence-corrected chi connectivity index (χ1v) is 12.4. The van der Waals surface area contributed by atoms with Gasteiger partial charge in [-0.2, -0.15) is 0 Å². The molecule has 0 saturated carbocycles. The lowest BCUT2D eigenvalue weighted by atomic mass is 10.1. The summed E-state index contributed by atoms with van der Waals surface area (Å²) < 4.78 is 0.602. The van der Waals surface area contributed by atoms with Crippen molar-refractivity contribution < 1.29 is 34.2 Å². The Morgan fingerprint density at radius 3 is 1.56 bits per heavy atom. The molecule has 0 amide bonds. The van der Waals surface area contributed by atoms with E-state index < -0.39 is 17.9 Å². The summed E-state index contributed by atoms with van der Waals surface area (Å²) in [6.07, 6.45) is 16.5. The second-order valence-corrected chi connectivity index (χ2v) is 8.88. The van der Waals surface area contributed by atoms with Crippen LogP contribution < -0.4 is 5.11 Å². The topological polar surface area (TPSA) is 115 Å². The molecule has 0 heterocycles. The fraction of sp³-hybridized carbons (Fsp3) is 0.800. The standard InChI is InChI=1S/C25H45NO6/c1-2-3-4-5-6-7-8-9-10-11-12-19-26(20-13-16-23(27)28,21-14-17-24(29)30)22-15-18-25(31)32/h6-7H,2-5,8-22H2,1H3,(H2-,27,28,29,30,31,32)/b7-6+. The van der Waals surface area contributed by atoms with Gasteiger partial charge in [0.2, 0.25) is 0 Å². The summed E-state index contributed by atoms with van der Waals surface area (Å²) in [7, 11) is 0. The molecule has 186 valence electrons. The minimum absolute atomic E-state index is 0.0253. The van der Waals surface area contributed by atoms with Gasteiger partial charge in [-0.05, 0) is 44.9 Å². The van der Waals surface area contributed by atoms with Crippen LogP contribution in [0, 0.1) is 0 Å². The minimum Gasteiger partial charge on any atom is -0.550 e. The van der Waals surface area contributed by atoms with E-state index in [2.05, 4.69) is 19.1 Å². The van der Waals surface area contributed by atoms with Crippen LogP contribution in [-0.2, 0) is 14.4 Å². The van der Waals surface area contributed by atoms with Crippen LogP contribution in [-0.4, -0.2) is 58.8 Å². The van der Waals surface area contributed by atoms with Crippen LogP contribution in [0.15, 0.2) is 12.2 Å². The van der Waals surface area contributed by atoms with Crippen LogP contribution in [0.4, 0.5) is 0 Å². The van der Waals surface area contributed by atoms with Crippen LogP contribution in [0.3, 0.4) is 0 Å². The first kappa shape index (κ1) is 30.1. The van der Waals surface area contributed by atoms with Crippen molar-refractivity contribution >= 4 is 17.9 Å². The predicted octanol–water partition coefficient (Wildman–Crippen LogP) is 4.15. The molecule has 0 atom stereocenters. The minimum atomic E-state index is -1.08. The van der Waals surface area contributed by atoms with Crippen molar-refractivity contribution in [2.75, 3.05) is 26.2 Å². The molecular formula is C25H45NO6. The quantitative estimate of drug-likeness (QED) is 0.136. The number of aliphatic carboxylic acids is 3. The molecule has 0 aromatic rings. The molecule has 0 aliphatic carbocycles.